The van der Waals surface area contributed by atoms with E-state index in [0.29, 0.717) is 41.1 Å². The fourth-order valence-corrected chi connectivity index (χ4v) is 8.15. The van der Waals surface area contributed by atoms with Crippen molar-refractivity contribution < 1.29 is 39.9 Å². The minimum absolute atomic E-state index is 0.0664. The number of hydrogen-bond acceptors (Lipinski definition) is 8. The van der Waals surface area contributed by atoms with Crippen molar-refractivity contribution in [3.8, 4) is 17.2 Å². The Hall–Kier alpha value is -3.34. The van der Waals surface area contributed by atoms with Crippen molar-refractivity contribution in [1.29, 1.82) is 0 Å². The molecule has 0 aliphatic carbocycles. The number of rotatable bonds is 0. The van der Waals surface area contributed by atoms with Gasteiger partial charge in [-0.15, -0.1) is 0 Å². The van der Waals surface area contributed by atoms with Gasteiger partial charge < -0.3 is 40.6 Å². The van der Waals surface area contributed by atoms with Crippen LogP contribution < -0.4 is 10.1 Å². The Kier molecular flexibility index (Phi) is 12.2. The average molecular weight is 697 g/mol. The van der Waals surface area contributed by atoms with Crippen molar-refractivity contribution in [2.45, 2.75) is 138 Å². The van der Waals surface area contributed by atoms with E-state index in [2.05, 4.69) is 17.2 Å². The van der Waals surface area contributed by atoms with Gasteiger partial charge in [-0.1, -0.05) is 61.3 Å². The van der Waals surface area contributed by atoms with Gasteiger partial charge in [0, 0.05) is 40.3 Å². The first-order chi connectivity index (χ1) is 23.5. The second kappa shape index (κ2) is 15.5. The molecular weight excluding hydrogens is 636 g/mol. The zero-order valence-corrected chi connectivity index (χ0v) is 31.6. The molecule has 1 unspecified atom stereocenters. The third kappa shape index (κ3) is 7.08. The van der Waals surface area contributed by atoms with E-state index in [1.165, 1.54) is 0 Å². The van der Waals surface area contributed by atoms with Gasteiger partial charge in [-0.05, 0) is 70.3 Å². The fourth-order valence-electron chi connectivity index (χ4n) is 8.15. The molecule has 3 heterocycles. The van der Waals surface area contributed by atoms with E-state index >= 15 is 0 Å². The topological polar surface area (TPSA) is 172 Å². The number of phenolic OH excluding ortho intramolecular Hbond substituents is 2. The molecule has 3 aromatic rings. The van der Waals surface area contributed by atoms with E-state index in [4.69, 9.17) is 4.74 Å². The highest BCUT2D eigenvalue weighted by Gasteiger charge is 2.47. The predicted octanol–water partition coefficient (Wildman–Crippen LogP) is 7.66. The van der Waals surface area contributed by atoms with Crippen LogP contribution in [0.5, 0.6) is 17.2 Å². The second-order valence-electron chi connectivity index (χ2n) is 15.3. The molecule has 278 valence electrons. The first-order valence-corrected chi connectivity index (χ1v) is 18.6. The molecule has 9 atom stereocenters. The number of aromatic amines is 1. The number of aryl methyl sites for hydroxylation is 1. The van der Waals surface area contributed by atoms with Crippen LogP contribution in [0.15, 0.2) is 6.20 Å². The molecular formula is C40H60N2O8. The maximum Gasteiger partial charge on any atom is 0.227 e. The van der Waals surface area contributed by atoms with Crippen molar-refractivity contribution in [1.82, 2.24) is 4.98 Å². The Morgan fingerprint density at radius 3 is 2.16 bits per heavy atom. The van der Waals surface area contributed by atoms with E-state index in [9.17, 15) is 35.1 Å². The molecule has 1 aromatic heterocycles. The third-order valence-electron chi connectivity index (χ3n) is 11.5. The van der Waals surface area contributed by atoms with Gasteiger partial charge in [-0.2, -0.15) is 0 Å². The summed E-state index contributed by atoms with van der Waals surface area (Å²) in [6.07, 6.45) is 3.20. The number of aromatic hydroxyl groups is 2. The molecule has 0 saturated heterocycles. The summed E-state index contributed by atoms with van der Waals surface area (Å²) >= 11 is 0. The number of anilines is 1. The number of fused-ring (bicyclic) bond motifs is 4. The molecule has 2 aliphatic rings. The maximum absolute atomic E-state index is 14.3. The number of aliphatic hydroxyl groups excluding tert-OH is 3. The Bertz CT molecular complexity index is 1720. The van der Waals surface area contributed by atoms with E-state index < -0.39 is 35.7 Å². The highest BCUT2D eigenvalue weighted by Crippen LogP contribution is 2.54. The summed E-state index contributed by atoms with van der Waals surface area (Å²) in [5.41, 5.74) is 0.687. The third-order valence-corrected chi connectivity index (χ3v) is 11.5. The lowest BCUT2D eigenvalue weighted by atomic mass is 9.78. The molecule has 50 heavy (non-hydrogen) atoms. The molecule has 2 aliphatic heterocycles. The number of hydrogen-bond donors (Lipinski definition) is 7. The van der Waals surface area contributed by atoms with Crippen LogP contribution in [0, 0.1) is 43.4 Å². The number of Topliss-reactive ketones (excluding diaryl/α,β-unsaturated/α-hetero) is 1. The highest BCUT2D eigenvalue weighted by atomic mass is 16.5. The highest BCUT2D eigenvalue weighted by molar-refractivity contribution is 6.28. The van der Waals surface area contributed by atoms with E-state index in [-0.39, 0.29) is 69.8 Å². The van der Waals surface area contributed by atoms with Gasteiger partial charge in [-0.3, -0.25) is 9.59 Å². The van der Waals surface area contributed by atoms with Gasteiger partial charge in [-0.25, -0.2) is 0 Å². The number of amides is 1. The summed E-state index contributed by atoms with van der Waals surface area (Å²) in [6, 6.07) is 0. The number of nitrogens with one attached hydrogen (secondary N) is 2. The molecule has 7 N–H and O–H groups in total. The van der Waals surface area contributed by atoms with Crippen LogP contribution in [-0.4, -0.2) is 66.1 Å². The summed E-state index contributed by atoms with van der Waals surface area (Å²) in [5.74, 6) is -1.99. The lowest BCUT2D eigenvalue weighted by molar-refractivity contribution is -0.119. The number of phenols is 2. The lowest BCUT2D eigenvalue weighted by Gasteiger charge is -2.34. The first-order valence-electron chi connectivity index (χ1n) is 18.6. The number of carbonyl (C=O) groups excluding carboxylic acids is 2. The molecule has 5 rings (SSSR count). The first kappa shape index (κ1) is 39.4. The molecule has 1 amide bonds. The van der Waals surface area contributed by atoms with Crippen molar-refractivity contribution >= 4 is 39.1 Å². The average Bonchev–Trinajstić information content (AvgIpc) is 3.59. The number of carbonyl (C=O) groups is 2. The summed E-state index contributed by atoms with van der Waals surface area (Å²) in [5, 5.41) is 60.5. The van der Waals surface area contributed by atoms with Crippen molar-refractivity contribution in [3.05, 3.63) is 22.9 Å². The van der Waals surface area contributed by atoms with Gasteiger partial charge in [0.15, 0.2) is 11.4 Å². The molecule has 10 nitrogen and oxygen atoms in total. The number of ether oxygens (including phenoxy) is 1. The zero-order chi connectivity index (χ0) is 37.4. The van der Waals surface area contributed by atoms with Crippen molar-refractivity contribution in [2.75, 3.05) is 5.32 Å². The van der Waals surface area contributed by atoms with Crippen LogP contribution in [-0.2, 0) is 4.79 Å². The smallest absolute Gasteiger partial charge is 0.227 e. The van der Waals surface area contributed by atoms with Crippen LogP contribution in [0.3, 0.4) is 0 Å². The number of benzene rings is 2. The van der Waals surface area contributed by atoms with Gasteiger partial charge in [0.1, 0.15) is 11.5 Å². The SMILES string of the molecule is CC.Cc1c2c3c4c(c1O)c(O)c(c1c(C)c[nH]c14)NC(=O)C(C)CCC[C@H](C)C[C@@H](C)[C@@H](O)[C@@H](C)[C@H](O)[C@H](C)[C@@H](O)CCC[C@@](C)(O2)C3=O. The summed E-state index contributed by atoms with van der Waals surface area (Å²) in [6.45, 7) is 18.7. The summed E-state index contributed by atoms with van der Waals surface area (Å²) < 4.78 is 6.35. The van der Waals surface area contributed by atoms with Gasteiger partial charge in [0.25, 0.3) is 0 Å². The molecule has 0 spiro atoms. The molecule has 0 radical (unpaired) electrons. The monoisotopic (exact) mass is 696 g/mol. The fraction of sp³-hybridized carbons (Fsp3) is 0.650. The van der Waals surface area contributed by atoms with Crippen LogP contribution in [0.2, 0.25) is 0 Å². The maximum atomic E-state index is 14.3. The minimum Gasteiger partial charge on any atom is -0.507 e. The summed E-state index contributed by atoms with van der Waals surface area (Å²) in [4.78, 5) is 31.1. The van der Waals surface area contributed by atoms with Gasteiger partial charge in [0.05, 0.1) is 40.5 Å². The van der Waals surface area contributed by atoms with Crippen LogP contribution >= 0.6 is 0 Å². The number of aromatic nitrogens is 1. The lowest BCUT2D eigenvalue weighted by Crippen LogP contribution is -2.42. The number of ketones is 1. The van der Waals surface area contributed by atoms with E-state index in [1.54, 1.807) is 27.0 Å². The minimum atomic E-state index is -1.30. The molecule has 0 saturated carbocycles. The molecule has 10 heteroatoms. The normalized spacial score (nSPS) is 31.8. The Balaban J connectivity index is 0.00000276. The van der Waals surface area contributed by atoms with E-state index in [0.717, 1.165) is 24.8 Å². The molecule has 2 aromatic carbocycles. The van der Waals surface area contributed by atoms with Crippen molar-refractivity contribution in [2.24, 2.45) is 29.6 Å². The van der Waals surface area contributed by atoms with Crippen LogP contribution in [0.25, 0.3) is 21.7 Å². The van der Waals surface area contributed by atoms with Gasteiger partial charge >= 0.3 is 0 Å². The molecule has 0 fully saturated rings. The van der Waals surface area contributed by atoms with E-state index in [1.807, 2.05) is 41.5 Å². The second-order valence-corrected chi connectivity index (χ2v) is 15.3. The number of aliphatic hydroxyl groups is 3. The quantitative estimate of drug-likeness (QED) is 0.117. The Morgan fingerprint density at radius 2 is 1.50 bits per heavy atom. The standard InChI is InChI=1S/C38H54N2O8.C2H6/c1-17-11-9-12-18(2)37(47)40-30-25-20(4)16-39-29(25)26-27(34(30)45)33(44)23(7)35-28(26)36(46)38(8,48-35)14-10-13-24(41)21(5)32(43)22(6)31(42)19(3)15-17;1-2/h16-19,21-22,24,31-32,39,41-45H,9-15H2,1-8H3,(H,40,47);1-2H3/t17-,18?,19+,21+,22+,24-,31+,32+,38+;/m0./s1. The number of H-pyrrole nitrogens is 1. The predicted molar refractivity (Wildman–Crippen MR) is 198 cm³/mol. The largest absolute Gasteiger partial charge is 0.507 e. The van der Waals surface area contributed by atoms with Gasteiger partial charge in [0.2, 0.25) is 11.7 Å². The van der Waals surface area contributed by atoms with Crippen LogP contribution in [0.4, 0.5) is 5.69 Å². The Morgan fingerprint density at radius 1 is 0.840 bits per heavy atom. The Labute approximate surface area is 296 Å². The zero-order valence-electron chi connectivity index (χ0n) is 31.6. The molecule has 5 bridgehead atoms. The van der Waals surface area contributed by atoms with Crippen LogP contribution in [0.1, 0.15) is 122 Å². The summed E-state index contributed by atoms with van der Waals surface area (Å²) in [7, 11) is 0. The van der Waals surface area contributed by atoms with Crippen molar-refractivity contribution in [3.63, 3.8) is 0 Å².